The zero-order valence-electron chi connectivity index (χ0n) is 27.9. The number of benzene rings is 2. The first-order valence-electron chi connectivity index (χ1n) is 16.1. The van der Waals surface area contributed by atoms with E-state index in [1.807, 2.05) is 17.8 Å². The molecule has 0 saturated carbocycles. The van der Waals surface area contributed by atoms with Gasteiger partial charge in [-0.2, -0.15) is 0 Å². The van der Waals surface area contributed by atoms with Gasteiger partial charge in [-0.25, -0.2) is 0 Å². The summed E-state index contributed by atoms with van der Waals surface area (Å²) in [5, 5.41) is 0.777. The first-order valence-corrected chi connectivity index (χ1v) is 17.3. The standard InChI is InChI=1S/C34H52ClN3O7S/c1-39-18-19-43-23-29(41-3)24-45-26-30(42-4)25-44-22-28(40-2)21-37-16-14-36(15-17-37)12-7-13-38-31-8-5-6-9-33(31)46-34-11-10-27(35)20-32(34)38/h5-6,8-11,20,28-30H,7,12-19,21-26H2,1-4H3. The second-order valence-electron chi connectivity index (χ2n) is 11.5. The van der Waals surface area contributed by atoms with Crippen molar-refractivity contribution in [1.29, 1.82) is 0 Å². The molecule has 258 valence electrons. The van der Waals surface area contributed by atoms with Crippen molar-refractivity contribution in [3.63, 3.8) is 0 Å². The molecule has 0 aromatic heterocycles. The summed E-state index contributed by atoms with van der Waals surface area (Å²) in [5.41, 5.74) is 2.47. The second kappa shape index (κ2) is 20.8. The lowest BCUT2D eigenvalue weighted by molar-refractivity contribution is -0.0888. The van der Waals surface area contributed by atoms with Crippen LogP contribution in [-0.4, -0.2) is 149 Å². The number of ether oxygens (including phenoxy) is 7. The number of anilines is 2. The molecule has 46 heavy (non-hydrogen) atoms. The second-order valence-corrected chi connectivity index (χ2v) is 13.1. The van der Waals surface area contributed by atoms with Crippen LogP contribution in [0.25, 0.3) is 0 Å². The first kappa shape index (κ1) is 37.3. The summed E-state index contributed by atoms with van der Waals surface area (Å²) in [4.78, 5) is 10.0. The van der Waals surface area contributed by atoms with E-state index < -0.39 is 0 Å². The Morgan fingerprint density at radius 1 is 0.674 bits per heavy atom. The van der Waals surface area contributed by atoms with E-state index in [1.165, 1.54) is 21.2 Å². The van der Waals surface area contributed by atoms with E-state index in [4.69, 9.17) is 44.8 Å². The molecule has 10 nitrogen and oxygen atoms in total. The fourth-order valence-corrected chi connectivity index (χ4v) is 6.80. The zero-order chi connectivity index (χ0) is 32.6. The highest BCUT2D eigenvalue weighted by Gasteiger charge is 2.25. The summed E-state index contributed by atoms with van der Waals surface area (Å²) in [6.45, 7) is 10.3. The van der Waals surface area contributed by atoms with Crippen LogP contribution in [0.3, 0.4) is 0 Å². The minimum Gasteiger partial charge on any atom is -0.382 e. The van der Waals surface area contributed by atoms with Gasteiger partial charge in [0.1, 0.15) is 12.2 Å². The minimum absolute atomic E-state index is 0.00368. The van der Waals surface area contributed by atoms with Crippen LogP contribution in [0.5, 0.6) is 0 Å². The number of nitrogens with zero attached hydrogens (tertiary/aromatic N) is 3. The van der Waals surface area contributed by atoms with Gasteiger partial charge in [-0.1, -0.05) is 35.5 Å². The van der Waals surface area contributed by atoms with Crippen LogP contribution in [0.15, 0.2) is 52.3 Å². The third-order valence-corrected chi connectivity index (χ3v) is 9.69. The van der Waals surface area contributed by atoms with E-state index in [2.05, 4.69) is 51.1 Å². The molecule has 0 aliphatic carbocycles. The van der Waals surface area contributed by atoms with Crippen LogP contribution < -0.4 is 4.90 Å². The summed E-state index contributed by atoms with van der Waals surface area (Å²) in [6.07, 6.45) is 0.766. The number of hydrogen-bond acceptors (Lipinski definition) is 11. The Bertz CT molecular complexity index is 1140. The predicted molar refractivity (Wildman–Crippen MR) is 183 cm³/mol. The van der Waals surface area contributed by atoms with Gasteiger partial charge >= 0.3 is 0 Å². The molecule has 4 rings (SSSR count). The van der Waals surface area contributed by atoms with Crippen molar-refractivity contribution in [3.05, 3.63) is 47.5 Å². The number of halogens is 1. The molecule has 3 atom stereocenters. The van der Waals surface area contributed by atoms with Crippen molar-refractivity contribution >= 4 is 34.7 Å². The number of para-hydroxylation sites is 1. The molecular formula is C34H52ClN3O7S. The van der Waals surface area contributed by atoms with Crippen molar-refractivity contribution in [3.8, 4) is 0 Å². The van der Waals surface area contributed by atoms with Crippen LogP contribution in [0.2, 0.25) is 5.02 Å². The third-order valence-electron chi connectivity index (χ3n) is 8.32. The Kier molecular flexibility index (Phi) is 16.9. The quantitative estimate of drug-likeness (QED) is 0.163. The fourth-order valence-electron chi connectivity index (χ4n) is 5.56. The molecule has 1 fully saturated rings. The average Bonchev–Trinajstić information content (AvgIpc) is 3.08. The highest BCUT2D eigenvalue weighted by atomic mass is 35.5. The van der Waals surface area contributed by atoms with Crippen LogP contribution in [-0.2, 0) is 33.2 Å². The van der Waals surface area contributed by atoms with E-state index >= 15 is 0 Å². The maximum Gasteiger partial charge on any atom is 0.104 e. The van der Waals surface area contributed by atoms with Gasteiger partial charge in [0, 0.05) is 82.5 Å². The normalized spacial score (nSPS) is 17.5. The topological polar surface area (TPSA) is 74.3 Å². The van der Waals surface area contributed by atoms with Crippen LogP contribution in [0.4, 0.5) is 11.4 Å². The smallest absolute Gasteiger partial charge is 0.104 e. The van der Waals surface area contributed by atoms with Gasteiger partial charge in [0.05, 0.1) is 63.7 Å². The summed E-state index contributed by atoms with van der Waals surface area (Å²) in [5.74, 6) is 0. The Morgan fingerprint density at radius 3 is 1.96 bits per heavy atom. The Labute approximate surface area is 284 Å². The first-order chi connectivity index (χ1) is 22.5. The Morgan fingerprint density at radius 2 is 1.28 bits per heavy atom. The lowest BCUT2D eigenvalue weighted by Gasteiger charge is -2.37. The highest BCUT2D eigenvalue weighted by Crippen LogP contribution is 2.48. The van der Waals surface area contributed by atoms with Gasteiger partial charge in [-0.3, -0.25) is 4.90 Å². The molecule has 0 radical (unpaired) electrons. The molecule has 12 heteroatoms. The van der Waals surface area contributed by atoms with E-state index in [0.717, 1.165) is 57.3 Å². The van der Waals surface area contributed by atoms with Gasteiger partial charge in [-0.15, -0.1) is 0 Å². The summed E-state index contributed by atoms with van der Waals surface area (Å²) < 4.78 is 39.1. The van der Waals surface area contributed by atoms with Crippen molar-refractivity contribution in [2.45, 2.75) is 34.5 Å². The number of rotatable bonds is 22. The lowest BCUT2D eigenvalue weighted by Crippen LogP contribution is -2.49. The van der Waals surface area contributed by atoms with Crippen molar-refractivity contribution < 1.29 is 33.2 Å². The molecule has 2 aliphatic rings. The van der Waals surface area contributed by atoms with E-state index in [0.29, 0.717) is 46.2 Å². The lowest BCUT2D eigenvalue weighted by atomic mass is 10.2. The molecule has 2 heterocycles. The number of piperazine rings is 1. The maximum absolute atomic E-state index is 6.40. The molecule has 2 aromatic rings. The van der Waals surface area contributed by atoms with Crippen molar-refractivity contribution in [2.75, 3.05) is 125 Å². The zero-order valence-corrected chi connectivity index (χ0v) is 29.4. The number of methoxy groups -OCH3 is 4. The van der Waals surface area contributed by atoms with E-state index in [9.17, 15) is 0 Å². The van der Waals surface area contributed by atoms with Gasteiger partial charge in [0.25, 0.3) is 0 Å². The number of fused-ring (bicyclic) bond motifs is 2. The van der Waals surface area contributed by atoms with E-state index in [1.54, 1.807) is 28.4 Å². The Balaban J connectivity index is 1.11. The highest BCUT2D eigenvalue weighted by molar-refractivity contribution is 7.99. The molecule has 2 aliphatic heterocycles. The van der Waals surface area contributed by atoms with Crippen molar-refractivity contribution in [2.24, 2.45) is 0 Å². The van der Waals surface area contributed by atoms with Gasteiger partial charge in [0.2, 0.25) is 0 Å². The molecular weight excluding hydrogens is 630 g/mol. The summed E-state index contributed by atoms with van der Waals surface area (Å²) in [6, 6.07) is 14.9. The van der Waals surface area contributed by atoms with Gasteiger partial charge < -0.3 is 43.0 Å². The molecule has 3 unspecified atom stereocenters. The SMILES string of the molecule is COCCOCC(COCC(COCC(CN1CCN(CCCN2c3ccccc3Sc3ccc(Cl)cc32)CC1)OC)OC)OC. The van der Waals surface area contributed by atoms with Crippen LogP contribution >= 0.6 is 23.4 Å². The largest absolute Gasteiger partial charge is 0.382 e. The molecule has 2 aromatic carbocycles. The maximum atomic E-state index is 6.40. The average molecular weight is 682 g/mol. The van der Waals surface area contributed by atoms with E-state index in [-0.39, 0.29) is 18.3 Å². The third kappa shape index (κ3) is 11.9. The van der Waals surface area contributed by atoms with Crippen LogP contribution in [0.1, 0.15) is 6.42 Å². The van der Waals surface area contributed by atoms with Crippen LogP contribution in [0, 0.1) is 0 Å². The fraction of sp³-hybridized carbons (Fsp3) is 0.647. The molecule has 0 amide bonds. The van der Waals surface area contributed by atoms with Gasteiger partial charge in [0.15, 0.2) is 0 Å². The van der Waals surface area contributed by atoms with Crippen molar-refractivity contribution in [1.82, 2.24) is 9.80 Å². The molecule has 1 saturated heterocycles. The summed E-state index contributed by atoms with van der Waals surface area (Å²) >= 11 is 8.22. The monoisotopic (exact) mass is 681 g/mol. The summed E-state index contributed by atoms with van der Waals surface area (Å²) in [7, 11) is 6.73. The molecule has 0 spiro atoms. The predicted octanol–water partition coefficient (Wildman–Crippen LogP) is 4.69. The molecule has 0 bridgehead atoms. The minimum atomic E-state index is -0.171. The molecule has 0 N–H and O–H groups in total. The Hall–Kier alpha value is -1.48. The number of hydrogen-bond donors (Lipinski definition) is 0. The van der Waals surface area contributed by atoms with Gasteiger partial charge in [-0.05, 0) is 43.3 Å².